The summed E-state index contributed by atoms with van der Waals surface area (Å²) in [5.41, 5.74) is 1.08. The molecule has 0 radical (unpaired) electrons. The van der Waals surface area contributed by atoms with Gasteiger partial charge in [-0.05, 0) is 135 Å². The molecular weight excluding hydrogens is 1220 g/mol. The number of amides is 3. The quantitative estimate of drug-likeness (QED) is 0.0435. The molecule has 1 atom stereocenters. The van der Waals surface area contributed by atoms with Crippen molar-refractivity contribution in [2.45, 2.75) is 427 Å². The summed E-state index contributed by atoms with van der Waals surface area (Å²) in [6.07, 6.45) is 72.1. The number of esters is 1. The Kier molecular flexibility index (Phi) is 69.6. The molecule has 1 rings (SSSR count). The van der Waals surface area contributed by atoms with E-state index in [4.69, 9.17) is 4.74 Å². The first-order valence-corrected chi connectivity index (χ1v) is 44.0. The first kappa shape index (κ1) is 94.0. The molecule has 0 aliphatic heterocycles. The zero-order chi connectivity index (χ0) is 71.8. The van der Waals surface area contributed by atoms with E-state index < -0.39 is 0 Å². The summed E-state index contributed by atoms with van der Waals surface area (Å²) in [7, 11) is 0. The van der Waals surface area contributed by atoms with E-state index in [1.807, 2.05) is 0 Å². The average molecular weight is 1390 g/mol. The maximum Gasteiger partial charge on any atom is 0.306 e. The van der Waals surface area contributed by atoms with Crippen molar-refractivity contribution in [3.8, 4) is 0 Å². The van der Waals surface area contributed by atoms with Crippen LogP contribution in [0.5, 0.6) is 0 Å². The van der Waals surface area contributed by atoms with Gasteiger partial charge in [-0.1, -0.05) is 344 Å². The third-order valence-corrected chi connectivity index (χ3v) is 20.9. The second-order valence-corrected chi connectivity index (χ2v) is 30.5. The number of ether oxygens (including phenoxy) is 1. The number of nitrogens with one attached hydrogen (secondary N) is 3. The first-order chi connectivity index (χ1) is 48.6. The molecule has 0 heterocycles. The van der Waals surface area contributed by atoms with Gasteiger partial charge >= 0.3 is 5.97 Å². The van der Waals surface area contributed by atoms with Crippen molar-refractivity contribution in [1.82, 2.24) is 30.7 Å². The average Bonchev–Trinajstić information content (AvgIpc) is 0.841. The van der Waals surface area contributed by atoms with Crippen LogP contribution in [0.2, 0.25) is 0 Å². The van der Waals surface area contributed by atoms with Crippen molar-refractivity contribution < 1.29 is 23.9 Å². The summed E-state index contributed by atoms with van der Waals surface area (Å²) >= 11 is 0. The van der Waals surface area contributed by atoms with Crippen LogP contribution in [0, 0.1) is 0 Å². The van der Waals surface area contributed by atoms with Crippen LogP contribution in [-0.4, -0.2) is 123 Å². The number of benzene rings is 1. The zero-order valence-corrected chi connectivity index (χ0v) is 67.2. The van der Waals surface area contributed by atoms with Gasteiger partial charge < -0.3 is 35.4 Å². The molecule has 1 unspecified atom stereocenters. The minimum atomic E-state index is -0.247. The Labute approximate surface area is 615 Å². The van der Waals surface area contributed by atoms with E-state index in [9.17, 15) is 19.2 Å². The van der Waals surface area contributed by atoms with E-state index in [1.54, 1.807) is 18.2 Å². The second-order valence-electron chi connectivity index (χ2n) is 30.5. The van der Waals surface area contributed by atoms with Gasteiger partial charge in [0.15, 0.2) is 0 Å². The van der Waals surface area contributed by atoms with Crippen molar-refractivity contribution in [2.24, 2.45) is 0 Å². The lowest BCUT2D eigenvalue weighted by Gasteiger charge is -2.23. The summed E-state index contributed by atoms with van der Waals surface area (Å²) in [5.74, 6) is -0.737. The Balaban J connectivity index is 3.26. The van der Waals surface area contributed by atoms with Crippen LogP contribution in [0.3, 0.4) is 0 Å². The van der Waals surface area contributed by atoms with Gasteiger partial charge in [-0.2, -0.15) is 0 Å². The van der Waals surface area contributed by atoms with Crippen LogP contribution in [0.15, 0.2) is 18.2 Å². The highest BCUT2D eigenvalue weighted by Gasteiger charge is 2.19. The Morgan fingerprint density at radius 3 is 0.778 bits per heavy atom. The minimum Gasteiger partial charge on any atom is -0.462 e. The van der Waals surface area contributed by atoms with Gasteiger partial charge in [0.25, 0.3) is 17.7 Å². The molecule has 3 amide bonds. The molecule has 580 valence electrons. The Bertz CT molecular complexity index is 1890. The highest BCUT2D eigenvalue weighted by atomic mass is 16.5. The van der Waals surface area contributed by atoms with Crippen LogP contribution in [-0.2, 0) is 9.53 Å². The van der Waals surface area contributed by atoms with E-state index in [-0.39, 0.29) is 29.8 Å². The van der Waals surface area contributed by atoms with Gasteiger partial charge in [0.2, 0.25) is 0 Å². The molecule has 1 aromatic carbocycles. The van der Waals surface area contributed by atoms with Gasteiger partial charge in [0.1, 0.15) is 6.10 Å². The maximum atomic E-state index is 14.4. The lowest BCUT2D eigenvalue weighted by atomic mass is 10.0. The fourth-order valence-electron chi connectivity index (χ4n) is 14.3. The van der Waals surface area contributed by atoms with E-state index >= 15 is 0 Å². The topological polar surface area (TPSA) is 123 Å². The first-order valence-electron chi connectivity index (χ1n) is 44.0. The van der Waals surface area contributed by atoms with Crippen LogP contribution >= 0.6 is 0 Å². The summed E-state index contributed by atoms with van der Waals surface area (Å²) in [5, 5.41) is 9.74. The van der Waals surface area contributed by atoms with Crippen LogP contribution in [0.25, 0.3) is 0 Å². The molecule has 0 aromatic heterocycles. The number of unbranched alkanes of at least 4 members (excludes halogenated alkanes) is 46. The van der Waals surface area contributed by atoms with Crippen molar-refractivity contribution in [2.75, 3.05) is 78.5 Å². The van der Waals surface area contributed by atoms with Crippen LogP contribution in [0.1, 0.15) is 452 Å². The van der Waals surface area contributed by atoms with Gasteiger partial charge in [-0.25, -0.2) is 0 Å². The van der Waals surface area contributed by atoms with Crippen molar-refractivity contribution in [3.63, 3.8) is 0 Å². The number of carbonyl (C=O) groups excluding carboxylic acids is 4. The number of carbonyl (C=O) groups is 4. The van der Waals surface area contributed by atoms with E-state index in [0.29, 0.717) is 42.7 Å². The molecule has 99 heavy (non-hydrogen) atoms. The highest BCUT2D eigenvalue weighted by Crippen LogP contribution is 2.20. The molecule has 0 bridgehead atoms. The second kappa shape index (κ2) is 73.3. The van der Waals surface area contributed by atoms with Crippen molar-refractivity contribution >= 4 is 23.7 Å². The molecule has 11 nitrogen and oxygen atoms in total. The zero-order valence-electron chi connectivity index (χ0n) is 67.2. The largest absolute Gasteiger partial charge is 0.462 e. The molecule has 0 aliphatic rings. The summed E-state index contributed by atoms with van der Waals surface area (Å²) in [4.78, 5) is 63.6. The molecule has 0 fully saturated rings. The molecule has 0 saturated carbocycles. The van der Waals surface area contributed by atoms with Crippen LogP contribution in [0.4, 0.5) is 0 Å². The lowest BCUT2D eigenvalue weighted by Crippen LogP contribution is -2.37. The summed E-state index contributed by atoms with van der Waals surface area (Å²) in [6.45, 7) is 26.2. The smallest absolute Gasteiger partial charge is 0.306 e. The summed E-state index contributed by atoms with van der Waals surface area (Å²) in [6, 6.07) is 5.13. The molecular formula is C88H168N6O5. The molecule has 0 saturated heterocycles. The number of rotatable bonds is 78. The molecule has 0 aliphatic carbocycles. The Morgan fingerprint density at radius 2 is 0.495 bits per heavy atom. The minimum absolute atomic E-state index is 0.0228. The Morgan fingerprint density at radius 1 is 0.263 bits per heavy atom. The number of hydrogen-bond acceptors (Lipinski definition) is 8. The fraction of sp³-hybridized carbons (Fsp3) is 0.886. The molecule has 1 aromatic rings. The van der Waals surface area contributed by atoms with E-state index in [2.05, 4.69) is 79.1 Å². The predicted octanol–water partition coefficient (Wildman–Crippen LogP) is 24.5. The third-order valence-electron chi connectivity index (χ3n) is 20.9. The number of hydrogen-bond donors (Lipinski definition) is 3. The number of nitrogens with zero attached hydrogens (tertiary/aromatic N) is 3. The SMILES string of the molecule is CCCCCCCCCCCN(CCCCCCCCCCC)CCCNC(=O)c1cc(C(=O)NCCN(CCCCCCCCCCC)CCCCCCCCCCC)cc(C(=O)NCCN(CCCCCCCCCC)CCCCCCCCC(=O)OC(CCC)CCCCC)c1. The molecule has 0 spiro atoms. The van der Waals surface area contributed by atoms with Gasteiger partial charge in [0, 0.05) is 55.8 Å². The predicted molar refractivity (Wildman–Crippen MR) is 430 cm³/mol. The van der Waals surface area contributed by atoms with Crippen LogP contribution < -0.4 is 16.0 Å². The standard InChI is InChI=1S/C88H168N6O5/c1-8-15-21-26-31-36-42-48-56-69-92(70-57-49-43-37-32-27-22-16-9-2)75-62-66-89-86(96)81-78-82(87(97)90-67-76-93(72-59-51-44-38-33-28-23-17-10-3)73-60-52-45-39-34-29-24-18-11-4)80-83(79-81)88(98)91-68-77-94(71-58-50-41-35-30-25-19-12-5)74-61-53-46-40-47-55-65-85(95)99-84(63-14-7)64-54-20-13-6/h78-80,84H,8-77H2,1-7H3,(H,89,96)(H,90,97)(H,91,98). The monoisotopic (exact) mass is 1390 g/mol. The van der Waals surface area contributed by atoms with Crippen molar-refractivity contribution in [1.29, 1.82) is 0 Å². The Hall–Kier alpha value is -3.02. The fourth-order valence-corrected chi connectivity index (χ4v) is 14.3. The third kappa shape index (κ3) is 60.0. The summed E-state index contributed by atoms with van der Waals surface area (Å²) < 4.78 is 5.91. The normalized spacial score (nSPS) is 12.0. The van der Waals surface area contributed by atoms with Gasteiger partial charge in [0.05, 0.1) is 0 Å². The van der Waals surface area contributed by atoms with E-state index in [1.165, 1.54) is 289 Å². The molecule has 11 heteroatoms. The maximum absolute atomic E-state index is 14.4. The van der Waals surface area contributed by atoms with Gasteiger partial charge in [-0.15, -0.1) is 0 Å². The van der Waals surface area contributed by atoms with Gasteiger partial charge in [-0.3, -0.25) is 19.2 Å². The lowest BCUT2D eigenvalue weighted by molar-refractivity contribution is -0.150. The van der Waals surface area contributed by atoms with Crippen molar-refractivity contribution in [3.05, 3.63) is 34.9 Å². The molecule has 3 N–H and O–H groups in total. The van der Waals surface area contributed by atoms with E-state index in [0.717, 1.165) is 136 Å². The highest BCUT2D eigenvalue weighted by molar-refractivity contribution is 6.04.